The van der Waals surface area contributed by atoms with E-state index in [1.807, 2.05) is 48.5 Å². The SMILES string of the molecule is O=P(c1ccccc1)(c1ccc(-c2cc3c4ccccc4ccc3c3ccccc23)cc1)c1ccc2ccccc2c1. The van der Waals surface area contributed by atoms with E-state index in [2.05, 4.69) is 115 Å². The Morgan fingerprint density at radius 3 is 1.67 bits per heavy atom. The lowest BCUT2D eigenvalue weighted by molar-refractivity contribution is 0.592. The van der Waals surface area contributed by atoms with E-state index in [0.717, 1.165) is 32.2 Å². The zero-order chi connectivity index (χ0) is 28.1. The molecular formula is C40H27OP. The molecule has 0 saturated heterocycles. The van der Waals surface area contributed by atoms with Gasteiger partial charge in [0.05, 0.1) is 0 Å². The first-order valence-corrected chi connectivity index (χ1v) is 16.0. The largest absolute Gasteiger partial charge is 0.309 e. The summed E-state index contributed by atoms with van der Waals surface area (Å²) >= 11 is 0. The van der Waals surface area contributed by atoms with Gasteiger partial charge in [-0.25, -0.2) is 0 Å². The quantitative estimate of drug-likeness (QED) is 0.156. The Balaban J connectivity index is 1.33. The van der Waals surface area contributed by atoms with Gasteiger partial charge in [-0.1, -0.05) is 152 Å². The van der Waals surface area contributed by atoms with Gasteiger partial charge in [0, 0.05) is 15.9 Å². The second-order valence-electron chi connectivity index (χ2n) is 10.9. The van der Waals surface area contributed by atoms with Crippen LogP contribution in [-0.4, -0.2) is 0 Å². The zero-order valence-corrected chi connectivity index (χ0v) is 23.8. The molecule has 0 N–H and O–H groups in total. The number of fused-ring (bicyclic) bond motifs is 6. The van der Waals surface area contributed by atoms with Gasteiger partial charge in [-0.3, -0.25) is 0 Å². The van der Waals surface area contributed by atoms with Crippen LogP contribution < -0.4 is 15.9 Å². The molecule has 0 bridgehead atoms. The van der Waals surface area contributed by atoms with Crippen molar-refractivity contribution in [2.45, 2.75) is 0 Å². The summed E-state index contributed by atoms with van der Waals surface area (Å²) in [5, 5.41) is 12.2. The van der Waals surface area contributed by atoms with Crippen LogP contribution in [0.2, 0.25) is 0 Å². The minimum atomic E-state index is -3.11. The number of hydrogen-bond donors (Lipinski definition) is 0. The summed E-state index contributed by atoms with van der Waals surface area (Å²) in [7, 11) is -3.11. The lowest BCUT2D eigenvalue weighted by atomic mass is 9.91. The maximum absolute atomic E-state index is 15.2. The molecule has 0 saturated carbocycles. The number of benzene rings is 8. The molecule has 1 atom stereocenters. The van der Waals surface area contributed by atoms with Crippen LogP contribution in [-0.2, 0) is 4.57 Å². The van der Waals surface area contributed by atoms with Crippen molar-refractivity contribution in [3.8, 4) is 11.1 Å². The van der Waals surface area contributed by atoms with Crippen LogP contribution >= 0.6 is 7.14 Å². The van der Waals surface area contributed by atoms with E-state index in [4.69, 9.17) is 0 Å². The number of rotatable bonds is 4. The van der Waals surface area contributed by atoms with Crippen LogP contribution in [0.15, 0.2) is 164 Å². The number of hydrogen-bond acceptors (Lipinski definition) is 1. The van der Waals surface area contributed by atoms with Gasteiger partial charge in [-0.2, -0.15) is 0 Å². The fourth-order valence-corrected chi connectivity index (χ4v) is 9.07. The van der Waals surface area contributed by atoms with Gasteiger partial charge in [0.25, 0.3) is 0 Å². The first-order chi connectivity index (χ1) is 20.7. The smallest absolute Gasteiger partial charge is 0.171 e. The van der Waals surface area contributed by atoms with Crippen molar-refractivity contribution in [1.82, 2.24) is 0 Å². The zero-order valence-electron chi connectivity index (χ0n) is 22.9. The van der Waals surface area contributed by atoms with Crippen molar-refractivity contribution in [2.24, 2.45) is 0 Å². The Bertz CT molecular complexity index is 2320. The van der Waals surface area contributed by atoms with Crippen molar-refractivity contribution in [1.29, 1.82) is 0 Å². The van der Waals surface area contributed by atoms with Gasteiger partial charge >= 0.3 is 0 Å². The highest BCUT2D eigenvalue weighted by Gasteiger charge is 2.30. The highest BCUT2D eigenvalue weighted by atomic mass is 31.2. The molecule has 0 aliphatic heterocycles. The van der Waals surface area contributed by atoms with E-state index in [1.165, 1.54) is 37.9 Å². The van der Waals surface area contributed by atoms with Crippen molar-refractivity contribution in [3.05, 3.63) is 164 Å². The molecule has 0 aliphatic rings. The maximum Gasteiger partial charge on any atom is 0.171 e. The summed E-state index contributed by atoms with van der Waals surface area (Å²) in [4.78, 5) is 0. The molecule has 0 fully saturated rings. The molecule has 0 aliphatic carbocycles. The van der Waals surface area contributed by atoms with E-state index in [9.17, 15) is 0 Å². The predicted molar refractivity (Wildman–Crippen MR) is 181 cm³/mol. The van der Waals surface area contributed by atoms with Gasteiger partial charge in [0.1, 0.15) is 0 Å². The Kier molecular flexibility index (Phi) is 5.81. The van der Waals surface area contributed by atoms with E-state index in [1.54, 1.807) is 0 Å². The normalized spacial score (nSPS) is 13.0. The lowest BCUT2D eigenvalue weighted by Gasteiger charge is -2.21. The summed E-state index contributed by atoms with van der Waals surface area (Å²) < 4.78 is 15.2. The average Bonchev–Trinajstić information content (AvgIpc) is 3.07. The van der Waals surface area contributed by atoms with E-state index < -0.39 is 7.14 Å². The van der Waals surface area contributed by atoms with Crippen LogP contribution in [0.5, 0.6) is 0 Å². The summed E-state index contributed by atoms with van der Waals surface area (Å²) in [5.41, 5.74) is 2.30. The topological polar surface area (TPSA) is 17.1 Å². The van der Waals surface area contributed by atoms with Crippen molar-refractivity contribution in [3.63, 3.8) is 0 Å². The first kappa shape index (κ1) is 24.8. The molecule has 1 unspecified atom stereocenters. The van der Waals surface area contributed by atoms with Crippen LogP contribution in [0.4, 0.5) is 0 Å². The van der Waals surface area contributed by atoms with E-state index in [-0.39, 0.29) is 0 Å². The minimum Gasteiger partial charge on any atom is -0.309 e. The molecule has 0 heterocycles. The molecule has 8 rings (SSSR count). The highest BCUT2D eigenvalue weighted by molar-refractivity contribution is 7.85. The standard InChI is InChI=1S/C40H27OP/c41-42(32-13-2-1-3-14-32,34-24-18-28-10-4-5-12-31(28)26-34)33-22-19-30(20-23-33)39-27-40-35-15-7-6-11-29(35)21-25-38(40)36-16-8-9-17-37(36)39/h1-27H. The molecule has 42 heavy (non-hydrogen) atoms. The molecule has 0 aromatic heterocycles. The second kappa shape index (κ2) is 9.84. The molecule has 0 amide bonds. The van der Waals surface area contributed by atoms with Gasteiger partial charge in [-0.05, 0) is 66.3 Å². The maximum atomic E-state index is 15.2. The van der Waals surface area contributed by atoms with Gasteiger partial charge in [0.15, 0.2) is 7.14 Å². The van der Waals surface area contributed by atoms with E-state index in [0.29, 0.717) is 0 Å². The summed E-state index contributed by atoms with van der Waals surface area (Å²) in [6.45, 7) is 0. The molecular weight excluding hydrogens is 527 g/mol. The Hall–Kier alpha value is -4.97. The van der Waals surface area contributed by atoms with Crippen molar-refractivity contribution < 1.29 is 4.57 Å². The molecule has 0 radical (unpaired) electrons. The highest BCUT2D eigenvalue weighted by Crippen LogP contribution is 2.44. The molecule has 1 nitrogen and oxygen atoms in total. The fourth-order valence-electron chi connectivity index (χ4n) is 6.41. The summed E-state index contributed by atoms with van der Waals surface area (Å²) in [6, 6.07) is 56.8. The molecule has 198 valence electrons. The second-order valence-corrected chi connectivity index (χ2v) is 13.6. The van der Waals surface area contributed by atoms with E-state index >= 15 is 4.57 Å². The predicted octanol–water partition coefficient (Wildman–Crippen LogP) is 9.61. The van der Waals surface area contributed by atoms with Crippen LogP contribution in [0.1, 0.15) is 0 Å². The molecule has 8 aromatic carbocycles. The summed E-state index contributed by atoms with van der Waals surface area (Å²) in [6.07, 6.45) is 0. The summed E-state index contributed by atoms with van der Waals surface area (Å²) in [5.74, 6) is 0. The minimum absolute atomic E-state index is 0.836. The first-order valence-electron chi connectivity index (χ1n) is 14.3. The van der Waals surface area contributed by atoms with Crippen molar-refractivity contribution in [2.75, 3.05) is 0 Å². The van der Waals surface area contributed by atoms with Gasteiger partial charge in [0.2, 0.25) is 0 Å². The van der Waals surface area contributed by atoms with Crippen molar-refractivity contribution >= 4 is 66.1 Å². The molecule has 2 heteroatoms. The molecule has 8 aromatic rings. The lowest BCUT2D eigenvalue weighted by Crippen LogP contribution is -2.25. The van der Waals surface area contributed by atoms with Crippen LogP contribution in [0.25, 0.3) is 54.2 Å². The monoisotopic (exact) mass is 554 g/mol. The molecule has 0 spiro atoms. The van der Waals surface area contributed by atoms with Gasteiger partial charge in [-0.15, -0.1) is 0 Å². The third-order valence-corrected chi connectivity index (χ3v) is 11.6. The fraction of sp³-hybridized carbons (Fsp3) is 0. The van der Waals surface area contributed by atoms with Crippen LogP contribution in [0.3, 0.4) is 0 Å². The Morgan fingerprint density at radius 2 is 0.881 bits per heavy atom. The third kappa shape index (κ3) is 3.90. The Labute approximate surface area is 245 Å². The van der Waals surface area contributed by atoms with Crippen LogP contribution in [0, 0.1) is 0 Å². The van der Waals surface area contributed by atoms with Gasteiger partial charge < -0.3 is 4.57 Å². The average molecular weight is 555 g/mol. The third-order valence-electron chi connectivity index (χ3n) is 8.53. The Morgan fingerprint density at radius 1 is 0.333 bits per heavy atom.